The molecule has 2 aromatic rings. The number of benzene rings is 1. The molecule has 0 saturated heterocycles. The van der Waals surface area contributed by atoms with Crippen LogP contribution in [0.3, 0.4) is 0 Å². The summed E-state index contributed by atoms with van der Waals surface area (Å²) < 4.78 is 1.28. The molecule has 5 heteroatoms. The second-order valence-corrected chi connectivity index (χ2v) is 4.06. The van der Waals surface area contributed by atoms with Crippen LogP contribution in [0, 0.1) is 0 Å². The molecule has 0 aliphatic rings. The van der Waals surface area contributed by atoms with Crippen molar-refractivity contribution in [3.05, 3.63) is 60.4 Å². The van der Waals surface area contributed by atoms with Gasteiger partial charge in [-0.05, 0) is 29.8 Å². The molecule has 92 valence electrons. The summed E-state index contributed by atoms with van der Waals surface area (Å²) in [5.41, 5.74) is 1.72. The van der Waals surface area contributed by atoms with E-state index in [9.17, 15) is 4.79 Å². The number of para-hydroxylation sites is 1. The molecule has 1 aromatic heterocycles. The van der Waals surface area contributed by atoms with Gasteiger partial charge in [0.25, 0.3) is 0 Å². The lowest BCUT2D eigenvalue weighted by Crippen LogP contribution is -2.33. The summed E-state index contributed by atoms with van der Waals surface area (Å²) in [6.45, 7) is 0.450. The van der Waals surface area contributed by atoms with E-state index in [-0.39, 0.29) is 6.03 Å². The van der Waals surface area contributed by atoms with Crippen molar-refractivity contribution in [1.82, 2.24) is 10.3 Å². The predicted octanol–water partition coefficient (Wildman–Crippen LogP) is 2.64. The smallest absolute Gasteiger partial charge is 0.332 e. The van der Waals surface area contributed by atoms with Gasteiger partial charge in [-0.1, -0.05) is 31.0 Å². The van der Waals surface area contributed by atoms with Crippen molar-refractivity contribution < 1.29 is 4.79 Å². The van der Waals surface area contributed by atoms with E-state index in [1.165, 1.54) is 4.31 Å². The molecule has 2 amide bonds. The quantitative estimate of drug-likeness (QED) is 0.832. The lowest BCUT2D eigenvalue weighted by molar-refractivity contribution is 0.249. The molecule has 1 heterocycles. The van der Waals surface area contributed by atoms with Crippen LogP contribution in [0.25, 0.3) is 0 Å². The van der Waals surface area contributed by atoms with Crippen LogP contribution in [-0.2, 0) is 6.54 Å². The Hall–Kier alpha value is -2.01. The van der Waals surface area contributed by atoms with Crippen LogP contribution in [-0.4, -0.2) is 11.0 Å². The van der Waals surface area contributed by atoms with Gasteiger partial charge in [0.1, 0.15) is 0 Å². The first kappa shape index (κ1) is 12.4. The third-order valence-corrected chi connectivity index (χ3v) is 2.80. The summed E-state index contributed by atoms with van der Waals surface area (Å²) in [6.07, 6.45) is 3.38. The van der Waals surface area contributed by atoms with Crippen molar-refractivity contribution in [2.45, 2.75) is 6.54 Å². The molecule has 0 atom stereocenters. The SMILES string of the molecule is O=C(NCc1ccncc1)N(S)c1ccccc1. The average Bonchev–Trinajstić information content (AvgIpc) is 2.46. The van der Waals surface area contributed by atoms with Gasteiger partial charge in [0.2, 0.25) is 0 Å². The van der Waals surface area contributed by atoms with E-state index in [4.69, 9.17) is 0 Å². The Morgan fingerprint density at radius 3 is 2.50 bits per heavy atom. The van der Waals surface area contributed by atoms with Gasteiger partial charge < -0.3 is 5.32 Å². The number of carbonyl (C=O) groups excluding carboxylic acids is 1. The normalized spacial score (nSPS) is 9.83. The highest BCUT2D eigenvalue weighted by Gasteiger charge is 2.10. The van der Waals surface area contributed by atoms with Gasteiger partial charge in [-0.2, -0.15) is 0 Å². The fraction of sp³-hybridized carbons (Fsp3) is 0.0769. The highest BCUT2D eigenvalue weighted by molar-refractivity contribution is 7.82. The van der Waals surface area contributed by atoms with E-state index >= 15 is 0 Å². The number of aromatic nitrogens is 1. The van der Waals surface area contributed by atoms with Gasteiger partial charge in [-0.25, -0.2) is 9.10 Å². The van der Waals surface area contributed by atoms with Gasteiger partial charge in [0.05, 0.1) is 5.69 Å². The highest BCUT2D eigenvalue weighted by atomic mass is 32.1. The number of pyridine rings is 1. The number of hydrogen-bond acceptors (Lipinski definition) is 3. The molecule has 0 bridgehead atoms. The first-order chi connectivity index (χ1) is 8.77. The molecule has 0 aliphatic carbocycles. The van der Waals surface area contributed by atoms with Crippen LogP contribution in [0.5, 0.6) is 0 Å². The second kappa shape index (κ2) is 6.07. The fourth-order valence-electron chi connectivity index (χ4n) is 1.44. The number of anilines is 1. The lowest BCUT2D eigenvalue weighted by atomic mass is 10.3. The molecule has 0 fully saturated rings. The molecule has 2 rings (SSSR count). The molecular weight excluding hydrogens is 246 g/mol. The minimum absolute atomic E-state index is 0.263. The highest BCUT2D eigenvalue weighted by Crippen LogP contribution is 2.15. The summed E-state index contributed by atoms with van der Waals surface area (Å²) in [5, 5.41) is 2.78. The molecule has 1 N–H and O–H groups in total. The zero-order valence-corrected chi connectivity index (χ0v) is 10.5. The Morgan fingerprint density at radius 1 is 1.17 bits per heavy atom. The van der Waals surface area contributed by atoms with E-state index in [0.29, 0.717) is 6.54 Å². The zero-order chi connectivity index (χ0) is 12.8. The minimum Gasteiger partial charge on any atom is -0.333 e. The van der Waals surface area contributed by atoms with Crippen LogP contribution in [0.4, 0.5) is 10.5 Å². The zero-order valence-electron chi connectivity index (χ0n) is 9.65. The lowest BCUT2D eigenvalue weighted by Gasteiger charge is -2.16. The monoisotopic (exact) mass is 259 g/mol. The van der Waals surface area contributed by atoms with Crippen LogP contribution in [0.15, 0.2) is 54.9 Å². The van der Waals surface area contributed by atoms with E-state index in [0.717, 1.165) is 11.3 Å². The van der Waals surface area contributed by atoms with Crippen molar-refractivity contribution in [2.75, 3.05) is 4.31 Å². The third-order valence-electron chi connectivity index (χ3n) is 2.39. The van der Waals surface area contributed by atoms with E-state index < -0.39 is 0 Å². The minimum atomic E-state index is -0.263. The molecular formula is C13H13N3OS. The number of urea groups is 1. The molecule has 0 radical (unpaired) electrons. The number of amides is 2. The van der Waals surface area contributed by atoms with E-state index in [2.05, 4.69) is 23.1 Å². The van der Waals surface area contributed by atoms with Gasteiger partial charge in [0, 0.05) is 18.9 Å². The number of carbonyl (C=O) groups is 1. The Bertz CT molecular complexity index is 504. The van der Waals surface area contributed by atoms with Crippen LogP contribution < -0.4 is 9.62 Å². The number of nitrogens with one attached hydrogen (secondary N) is 1. The van der Waals surface area contributed by atoms with Gasteiger partial charge in [-0.3, -0.25) is 4.98 Å². The molecule has 4 nitrogen and oxygen atoms in total. The number of nitrogens with zero attached hydrogens (tertiary/aromatic N) is 2. The van der Waals surface area contributed by atoms with Crippen molar-refractivity contribution in [3.63, 3.8) is 0 Å². The molecule has 18 heavy (non-hydrogen) atoms. The van der Waals surface area contributed by atoms with Crippen molar-refractivity contribution in [1.29, 1.82) is 0 Å². The molecule has 0 unspecified atom stereocenters. The maximum atomic E-state index is 11.8. The van der Waals surface area contributed by atoms with Gasteiger partial charge >= 0.3 is 6.03 Å². The van der Waals surface area contributed by atoms with E-state index in [1.54, 1.807) is 12.4 Å². The maximum Gasteiger partial charge on any atom is 0.332 e. The van der Waals surface area contributed by atoms with Gasteiger partial charge in [-0.15, -0.1) is 0 Å². The summed E-state index contributed by atoms with van der Waals surface area (Å²) in [4.78, 5) is 15.8. The van der Waals surface area contributed by atoms with Crippen molar-refractivity contribution in [2.24, 2.45) is 0 Å². The first-order valence-electron chi connectivity index (χ1n) is 5.48. The second-order valence-electron chi connectivity index (χ2n) is 3.66. The predicted molar refractivity (Wildman–Crippen MR) is 74.4 cm³/mol. The Labute approximate surface area is 111 Å². The first-order valence-corrected chi connectivity index (χ1v) is 5.88. The number of thiol groups is 1. The Balaban J connectivity index is 1.93. The summed E-state index contributed by atoms with van der Waals surface area (Å²) in [7, 11) is 0. The maximum absolute atomic E-state index is 11.8. The molecule has 0 saturated carbocycles. The largest absolute Gasteiger partial charge is 0.333 e. The number of hydrogen-bond donors (Lipinski definition) is 2. The summed E-state index contributed by atoms with van der Waals surface area (Å²) in [6, 6.07) is 12.7. The average molecular weight is 259 g/mol. The molecule has 0 aliphatic heterocycles. The fourth-order valence-corrected chi connectivity index (χ4v) is 1.64. The van der Waals surface area contributed by atoms with Crippen molar-refractivity contribution >= 4 is 24.5 Å². The molecule has 1 aromatic carbocycles. The standard InChI is InChI=1S/C13H13N3OS/c17-13(15-10-11-6-8-14-9-7-11)16(18)12-4-2-1-3-5-12/h1-9,18H,10H2,(H,15,17). The Kier molecular flexibility index (Phi) is 4.20. The number of rotatable bonds is 3. The van der Waals surface area contributed by atoms with E-state index in [1.807, 2.05) is 42.5 Å². The van der Waals surface area contributed by atoms with Crippen LogP contribution >= 0.6 is 12.8 Å². The van der Waals surface area contributed by atoms with Crippen LogP contribution in [0.1, 0.15) is 5.56 Å². The topological polar surface area (TPSA) is 45.2 Å². The molecule has 0 spiro atoms. The van der Waals surface area contributed by atoms with Crippen LogP contribution in [0.2, 0.25) is 0 Å². The Morgan fingerprint density at radius 2 is 1.83 bits per heavy atom. The summed E-state index contributed by atoms with van der Waals surface area (Å²) >= 11 is 4.17. The van der Waals surface area contributed by atoms with Crippen molar-refractivity contribution in [3.8, 4) is 0 Å². The third kappa shape index (κ3) is 3.24. The summed E-state index contributed by atoms with van der Waals surface area (Å²) in [5.74, 6) is 0. The van der Waals surface area contributed by atoms with Gasteiger partial charge in [0.15, 0.2) is 0 Å².